The quantitative estimate of drug-likeness (QED) is 0.0970. The number of carbonyl (C=O) groups is 4. The van der Waals surface area contributed by atoms with Gasteiger partial charge in [-0.3, -0.25) is 19.2 Å². The molecule has 2 aromatic carbocycles. The van der Waals surface area contributed by atoms with Crippen molar-refractivity contribution in [2.24, 2.45) is 5.41 Å². The molecule has 2 aromatic rings. The number of hydrogen-bond donors (Lipinski definition) is 4. The summed E-state index contributed by atoms with van der Waals surface area (Å²) >= 11 is 0. The number of phenolic OH excluding ortho intramolecular Hbond substituents is 1. The number of carbonyl (C=O) groups excluding carboxylic acids is 4. The minimum Gasteiger partial charge on any atom is -0.506 e. The number of aryl methyl sites for hydroxylation is 1. The van der Waals surface area contributed by atoms with Crippen molar-refractivity contribution in [2.45, 2.75) is 171 Å². The maximum absolute atomic E-state index is 14.3. The molecule has 22 nitrogen and oxygen atoms in total. The van der Waals surface area contributed by atoms with Gasteiger partial charge in [0.05, 0.1) is 49.6 Å². The zero-order valence-electron chi connectivity index (χ0n) is 40.2. The van der Waals surface area contributed by atoms with E-state index in [1.165, 1.54) is 49.0 Å². The van der Waals surface area contributed by atoms with Gasteiger partial charge in [-0.2, -0.15) is 0 Å². The van der Waals surface area contributed by atoms with E-state index in [-0.39, 0.29) is 65.9 Å². The first kappa shape index (κ1) is 49.7. The predicted molar refractivity (Wildman–Crippen MR) is 228 cm³/mol. The second kappa shape index (κ2) is 17.2. The van der Waals surface area contributed by atoms with Gasteiger partial charge >= 0.3 is 17.9 Å². The third kappa shape index (κ3) is 7.11. The Labute approximate surface area is 396 Å². The second-order valence-electron chi connectivity index (χ2n) is 19.3. The van der Waals surface area contributed by atoms with Gasteiger partial charge in [-0.15, -0.1) is 0 Å². The molecule has 0 saturated carbocycles. The molecule has 1 spiro atoms. The molecule has 380 valence electrons. The molecule has 7 aliphatic rings. The number of rotatable bonds is 13. The van der Waals surface area contributed by atoms with Crippen molar-refractivity contribution in [2.75, 3.05) is 34.5 Å². The van der Waals surface area contributed by atoms with Crippen LogP contribution in [-0.2, 0) is 71.2 Å². The van der Waals surface area contributed by atoms with Crippen molar-refractivity contribution in [3.05, 3.63) is 28.3 Å². The summed E-state index contributed by atoms with van der Waals surface area (Å²) in [4.78, 5) is 50.9. The first-order valence-corrected chi connectivity index (χ1v) is 22.9. The number of hydrogen-bond acceptors (Lipinski definition) is 22. The van der Waals surface area contributed by atoms with Crippen LogP contribution in [0.2, 0.25) is 0 Å². The SMILES string of the molecule is COc1c2c(c(O)c3c4c(c(C)cc13)C1OC3(C(OC)OC)OC1[C@@](OC1CC(OC(C)=O)C(O)([C@@H](C)OC(C)=O)C(C)O1)(O4)[C@@]31CO1)C(=O)[C@@H](O)C[C@@H]2OC1CC(C)(CO)C(OC(C)=O)C(C)O1. The van der Waals surface area contributed by atoms with Crippen molar-refractivity contribution in [1.29, 1.82) is 0 Å². The van der Waals surface area contributed by atoms with E-state index in [0.29, 0.717) is 11.1 Å². The smallest absolute Gasteiger partial charge is 0.303 e. The largest absolute Gasteiger partial charge is 0.506 e. The number of epoxide rings is 1. The number of benzene rings is 2. The average Bonchev–Trinajstić information content (AvgIpc) is 3.95. The Kier molecular flexibility index (Phi) is 12.4. The van der Waals surface area contributed by atoms with Crippen LogP contribution in [0.25, 0.3) is 10.8 Å². The topological polar surface area (TPSA) is 282 Å². The fraction of sp³-hybridized carbons (Fsp3) is 0.702. The molecule has 11 unspecified atom stereocenters. The van der Waals surface area contributed by atoms with Crippen LogP contribution in [0.5, 0.6) is 17.2 Å². The normalized spacial score (nSPS) is 40.0. The van der Waals surface area contributed by atoms with Gasteiger partial charge in [-0.05, 0) is 39.3 Å². The van der Waals surface area contributed by atoms with Crippen LogP contribution in [0.15, 0.2) is 6.07 Å². The number of Topliss-reactive ketones (excluding diaryl/α,β-unsaturated/α-hetero) is 1. The van der Waals surface area contributed by atoms with Crippen LogP contribution in [0.4, 0.5) is 0 Å². The summed E-state index contributed by atoms with van der Waals surface area (Å²) in [6.07, 6.45) is -14.6. The molecule has 5 saturated heterocycles. The maximum atomic E-state index is 14.3. The molecule has 9 rings (SSSR count). The van der Waals surface area contributed by atoms with E-state index in [1.54, 1.807) is 26.8 Å². The van der Waals surface area contributed by atoms with E-state index in [1.807, 2.05) is 0 Å². The van der Waals surface area contributed by atoms with E-state index >= 15 is 0 Å². The first-order chi connectivity index (χ1) is 32.5. The molecule has 6 aliphatic heterocycles. The molecule has 2 bridgehead atoms. The van der Waals surface area contributed by atoms with E-state index in [0.717, 1.165) is 6.92 Å². The number of aliphatic hydroxyl groups is 3. The fourth-order valence-corrected chi connectivity index (χ4v) is 11.8. The summed E-state index contributed by atoms with van der Waals surface area (Å²) in [5, 5.41) is 46.9. The average molecular weight is 977 g/mol. The third-order valence-corrected chi connectivity index (χ3v) is 15.0. The summed E-state index contributed by atoms with van der Waals surface area (Å²) in [6, 6.07) is 1.72. The van der Waals surface area contributed by atoms with Gasteiger partial charge in [0, 0.05) is 76.2 Å². The summed E-state index contributed by atoms with van der Waals surface area (Å²) in [7, 11) is 4.15. The van der Waals surface area contributed by atoms with E-state index < -0.39 is 131 Å². The zero-order chi connectivity index (χ0) is 50.1. The molecule has 0 aromatic heterocycles. The number of ketones is 1. The molecule has 22 heteroatoms. The van der Waals surface area contributed by atoms with Gasteiger partial charge in [-0.1, -0.05) is 6.92 Å². The number of esters is 3. The van der Waals surface area contributed by atoms with Crippen LogP contribution in [0.3, 0.4) is 0 Å². The summed E-state index contributed by atoms with van der Waals surface area (Å²) in [5.41, 5.74) is -4.04. The highest BCUT2D eigenvalue weighted by Crippen LogP contribution is 2.72. The maximum Gasteiger partial charge on any atom is 0.303 e. The van der Waals surface area contributed by atoms with Crippen molar-refractivity contribution in [1.82, 2.24) is 0 Å². The van der Waals surface area contributed by atoms with Gasteiger partial charge in [0.1, 0.15) is 47.8 Å². The molecular weight excluding hydrogens is 916 g/mol. The summed E-state index contributed by atoms with van der Waals surface area (Å²) < 4.78 is 87.5. The lowest BCUT2D eigenvalue weighted by molar-refractivity contribution is -0.390. The predicted octanol–water partition coefficient (Wildman–Crippen LogP) is 2.34. The molecule has 5 fully saturated rings. The number of aromatic hydroxyl groups is 1. The van der Waals surface area contributed by atoms with Crippen molar-refractivity contribution in [3.8, 4) is 17.2 Å². The first-order valence-electron chi connectivity index (χ1n) is 22.9. The minimum absolute atomic E-state index is 0.0319. The van der Waals surface area contributed by atoms with Crippen LogP contribution < -0.4 is 9.47 Å². The standard InChI is InChI=1S/C47H60O22/c1-18-12-25-32(36(54)34-33(37(25)56-9)27(13-26(52)35(34)53)65-30-15-43(8,16-48)40(19(2)60-30)64-24(7)51)38-31(18)39-41-46(67-38,44(17-59-44)47(68-39,69-41)42(57-10)58-11)66-29-14-28(63-23(6)50)45(55,21(4)62-29)20(3)61-22(5)49/h12,19-21,26-30,39-42,48,52,54-55H,13-17H2,1-11H3/t19?,20-,21?,26+,27+,28?,29?,30?,39?,40?,41?,43?,44+,45?,46-,47?/m1/s1. The van der Waals surface area contributed by atoms with E-state index in [4.69, 9.17) is 66.3 Å². The monoisotopic (exact) mass is 976 g/mol. The number of aliphatic hydroxyl groups excluding tert-OH is 2. The van der Waals surface area contributed by atoms with Gasteiger partial charge in [0.15, 0.2) is 30.1 Å². The lowest BCUT2D eigenvalue weighted by Crippen LogP contribution is -2.72. The van der Waals surface area contributed by atoms with Crippen LogP contribution >= 0.6 is 0 Å². The highest BCUT2D eigenvalue weighted by molar-refractivity contribution is 6.13. The number of phenols is 1. The Hall–Kier alpha value is -4.30. The van der Waals surface area contributed by atoms with Gasteiger partial charge in [0.2, 0.25) is 11.9 Å². The van der Waals surface area contributed by atoms with Gasteiger partial charge in [0.25, 0.3) is 11.6 Å². The molecule has 4 N–H and O–H groups in total. The number of fused-ring (bicyclic) bond motifs is 8. The van der Waals surface area contributed by atoms with Crippen molar-refractivity contribution < 1.29 is 106 Å². The van der Waals surface area contributed by atoms with Gasteiger partial charge < -0.3 is 86.7 Å². The molecule has 1 aliphatic carbocycles. The second-order valence-corrected chi connectivity index (χ2v) is 19.3. The number of ether oxygens (including phenoxy) is 14. The lowest BCUT2D eigenvalue weighted by atomic mass is 9.76. The molecule has 0 amide bonds. The lowest BCUT2D eigenvalue weighted by Gasteiger charge is -2.53. The van der Waals surface area contributed by atoms with E-state index in [2.05, 4.69) is 0 Å². The summed E-state index contributed by atoms with van der Waals surface area (Å²) in [5.74, 6) is -7.30. The number of methoxy groups -OCH3 is 3. The zero-order valence-corrected chi connectivity index (χ0v) is 40.2. The van der Waals surface area contributed by atoms with Crippen LogP contribution in [-0.4, -0.2) is 163 Å². The van der Waals surface area contributed by atoms with E-state index in [9.17, 15) is 39.6 Å². The van der Waals surface area contributed by atoms with Gasteiger partial charge in [-0.25, -0.2) is 0 Å². The van der Waals surface area contributed by atoms with Crippen LogP contribution in [0, 0.1) is 12.3 Å². The highest BCUT2D eigenvalue weighted by atomic mass is 16.9. The molecule has 0 radical (unpaired) electrons. The highest BCUT2D eigenvalue weighted by Gasteiger charge is 2.94. The summed E-state index contributed by atoms with van der Waals surface area (Å²) in [6.45, 7) is 11.2. The third-order valence-electron chi connectivity index (χ3n) is 15.0. The molecule has 16 atom stereocenters. The minimum atomic E-state index is -2.08. The van der Waals surface area contributed by atoms with Crippen LogP contribution in [0.1, 0.15) is 107 Å². The fourth-order valence-electron chi connectivity index (χ4n) is 11.8. The Morgan fingerprint density at radius 2 is 1.64 bits per heavy atom. The molecular formula is C47H60O22. The Balaban J connectivity index is 1.17. The van der Waals surface area contributed by atoms with Crippen molar-refractivity contribution >= 4 is 34.5 Å². The Morgan fingerprint density at radius 1 is 0.957 bits per heavy atom. The Bertz CT molecular complexity index is 2430. The molecule has 69 heavy (non-hydrogen) atoms. The Morgan fingerprint density at radius 3 is 2.23 bits per heavy atom. The van der Waals surface area contributed by atoms with Crippen molar-refractivity contribution in [3.63, 3.8) is 0 Å². The molecule has 6 heterocycles.